The molecule has 10 nitrogen and oxygen atoms in total. The van der Waals surface area contributed by atoms with E-state index in [2.05, 4.69) is 17.3 Å². The third-order valence-corrected chi connectivity index (χ3v) is 9.17. The van der Waals surface area contributed by atoms with E-state index in [1.54, 1.807) is 31.2 Å². The summed E-state index contributed by atoms with van der Waals surface area (Å²) >= 11 is 0. The van der Waals surface area contributed by atoms with Crippen LogP contribution in [-0.2, 0) is 28.9 Å². The van der Waals surface area contributed by atoms with Crippen LogP contribution in [0, 0.1) is 17.8 Å². The molecule has 11 heteroatoms. The van der Waals surface area contributed by atoms with E-state index in [9.17, 15) is 23.1 Å². The molecule has 2 heterocycles. The maximum absolute atomic E-state index is 12.9. The van der Waals surface area contributed by atoms with Crippen molar-refractivity contribution in [3.8, 4) is 11.8 Å². The van der Waals surface area contributed by atoms with Crippen LogP contribution in [0.1, 0.15) is 57.9 Å². The van der Waals surface area contributed by atoms with E-state index in [1.165, 1.54) is 11.8 Å². The fourth-order valence-electron chi connectivity index (χ4n) is 4.73. The number of benzene rings is 1. The van der Waals surface area contributed by atoms with Gasteiger partial charge in [0.05, 0.1) is 12.1 Å². The maximum atomic E-state index is 12.9. The normalized spacial score (nSPS) is 29.4. The Morgan fingerprint density at radius 2 is 2.00 bits per heavy atom. The number of aliphatic hydroxyl groups is 1. The number of hydrogen-bond acceptors (Lipinski definition) is 8. The van der Waals surface area contributed by atoms with Crippen molar-refractivity contribution in [2.45, 2.75) is 75.1 Å². The fourth-order valence-corrected chi connectivity index (χ4v) is 5.60. The molecule has 3 aliphatic rings. The minimum Gasteiger partial charge on any atom is -0.444 e. The summed E-state index contributed by atoms with van der Waals surface area (Å²) in [5.74, 6) is 5.57. The summed E-state index contributed by atoms with van der Waals surface area (Å²) in [6.45, 7) is 3.70. The van der Waals surface area contributed by atoms with Gasteiger partial charge < -0.3 is 14.6 Å². The maximum Gasteiger partial charge on any atom is 0.414 e. The van der Waals surface area contributed by atoms with E-state index in [1.807, 2.05) is 0 Å². The van der Waals surface area contributed by atoms with Crippen molar-refractivity contribution in [2.24, 2.45) is 5.92 Å². The second-order valence-corrected chi connectivity index (χ2v) is 13.0. The lowest BCUT2D eigenvalue weighted by Crippen LogP contribution is -2.53. The highest BCUT2D eigenvalue weighted by atomic mass is 32.2. The first-order valence-corrected chi connectivity index (χ1v) is 14.3. The molecule has 2 unspecified atom stereocenters. The Kier molecular flexibility index (Phi) is 7.85. The van der Waals surface area contributed by atoms with Crippen LogP contribution in [0.4, 0.5) is 10.5 Å². The lowest BCUT2D eigenvalue weighted by Gasteiger charge is -2.37. The van der Waals surface area contributed by atoms with Crippen molar-refractivity contribution in [3.63, 3.8) is 0 Å². The second-order valence-electron chi connectivity index (χ2n) is 10.6. The van der Waals surface area contributed by atoms with Crippen molar-refractivity contribution in [1.29, 1.82) is 0 Å². The van der Waals surface area contributed by atoms with Crippen molar-refractivity contribution < 1.29 is 37.4 Å². The summed E-state index contributed by atoms with van der Waals surface area (Å²) in [7, 11) is -3.90. The Labute approximate surface area is 217 Å². The monoisotopic (exact) mass is 534 g/mol. The molecule has 1 saturated carbocycles. The molecule has 3 fully saturated rings. The van der Waals surface area contributed by atoms with Gasteiger partial charge in [-0.2, -0.15) is 0 Å². The largest absolute Gasteiger partial charge is 0.444 e. The summed E-state index contributed by atoms with van der Waals surface area (Å²) in [6, 6.07) is 7.06. The quantitative estimate of drug-likeness (QED) is 0.402. The van der Waals surface area contributed by atoms with E-state index in [4.69, 9.17) is 14.3 Å². The number of sulfone groups is 1. The number of nitrogens with zero attached hydrogens (tertiary/aromatic N) is 1. The molecule has 37 heavy (non-hydrogen) atoms. The third kappa shape index (κ3) is 6.44. The molecule has 0 bridgehead atoms. The first-order valence-electron chi connectivity index (χ1n) is 12.5. The third-order valence-electron chi connectivity index (χ3n) is 7.18. The Balaban J connectivity index is 1.38. The lowest BCUT2D eigenvalue weighted by molar-refractivity contribution is -0.201. The molecule has 0 aromatic heterocycles. The zero-order valence-electron chi connectivity index (χ0n) is 21.4. The minimum absolute atomic E-state index is 0.0893. The highest BCUT2D eigenvalue weighted by Crippen LogP contribution is 2.36. The zero-order chi connectivity index (χ0) is 26.8. The summed E-state index contributed by atoms with van der Waals surface area (Å²) in [5.41, 5.74) is 2.98. The zero-order valence-corrected chi connectivity index (χ0v) is 22.2. The number of hydrogen-bond donors (Lipinski definition) is 2. The molecule has 0 radical (unpaired) electrons. The van der Waals surface area contributed by atoms with Crippen LogP contribution in [0.2, 0.25) is 0 Å². The highest BCUT2D eigenvalue weighted by Gasteiger charge is 2.49. The molecular weight excluding hydrogens is 500 g/mol. The number of carbonyl (C=O) groups is 2. The van der Waals surface area contributed by atoms with Gasteiger partial charge in [0.1, 0.15) is 6.10 Å². The molecule has 1 aromatic rings. The van der Waals surface area contributed by atoms with Crippen molar-refractivity contribution >= 4 is 27.5 Å². The smallest absolute Gasteiger partial charge is 0.414 e. The van der Waals surface area contributed by atoms with Gasteiger partial charge in [-0.25, -0.2) is 23.5 Å². The second kappa shape index (κ2) is 10.6. The molecule has 1 aliphatic carbocycles. The number of ether oxygens (including phenoxy) is 2. The Morgan fingerprint density at radius 3 is 2.59 bits per heavy atom. The first-order chi connectivity index (χ1) is 17.4. The number of rotatable bonds is 7. The summed E-state index contributed by atoms with van der Waals surface area (Å²) in [4.78, 5) is 32.2. The molecule has 1 aromatic carbocycles. The Bertz CT molecular complexity index is 1170. The topological polar surface area (TPSA) is 131 Å². The van der Waals surface area contributed by atoms with Gasteiger partial charge in [0, 0.05) is 42.9 Å². The van der Waals surface area contributed by atoms with Crippen LogP contribution < -0.4 is 10.4 Å². The van der Waals surface area contributed by atoms with E-state index < -0.39 is 44.6 Å². The Morgan fingerprint density at radius 1 is 1.30 bits per heavy atom. The van der Waals surface area contributed by atoms with E-state index in [0.29, 0.717) is 31.6 Å². The average molecular weight is 535 g/mol. The first kappa shape index (κ1) is 27.4. The molecule has 202 valence electrons. The van der Waals surface area contributed by atoms with Gasteiger partial charge in [0.2, 0.25) is 0 Å². The number of amides is 2. The molecule has 2 aliphatic heterocycles. The van der Waals surface area contributed by atoms with Gasteiger partial charge in [-0.05, 0) is 63.8 Å². The van der Waals surface area contributed by atoms with E-state index in [-0.39, 0.29) is 18.9 Å². The summed E-state index contributed by atoms with van der Waals surface area (Å²) < 4.78 is 34.3. The number of nitrogens with one attached hydrogen (secondary N) is 1. The van der Waals surface area contributed by atoms with Gasteiger partial charge in [-0.15, -0.1) is 0 Å². The molecular formula is C26H34N2O8S. The number of cyclic esters (lactones) is 1. The van der Waals surface area contributed by atoms with Crippen LogP contribution >= 0.6 is 0 Å². The predicted octanol–water partition coefficient (Wildman–Crippen LogP) is 2.29. The molecule has 4 rings (SSSR count). The van der Waals surface area contributed by atoms with Crippen molar-refractivity contribution in [1.82, 2.24) is 5.48 Å². The van der Waals surface area contributed by atoms with Gasteiger partial charge >= 0.3 is 6.09 Å². The highest BCUT2D eigenvalue weighted by molar-refractivity contribution is 7.92. The van der Waals surface area contributed by atoms with E-state index in [0.717, 1.165) is 24.7 Å². The van der Waals surface area contributed by atoms with Gasteiger partial charge in [-0.1, -0.05) is 11.8 Å². The van der Waals surface area contributed by atoms with E-state index >= 15 is 0 Å². The fraction of sp³-hybridized carbons (Fsp3) is 0.615. The number of carbonyl (C=O) groups excluding carboxylic acids is 2. The van der Waals surface area contributed by atoms with Gasteiger partial charge in [0.25, 0.3) is 5.91 Å². The molecule has 0 spiro atoms. The van der Waals surface area contributed by atoms with Crippen LogP contribution in [-0.4, -0.2) is 67.7 Å². The summed E-state index contributed by atoms with van der Waals surface area (Å²) in [6.07, 6.45) is 2.36. The van der Waals surface area contributed by atoms with Gasteiger partial charge in [0.15, 0.2) is 20.9 Å². The van der Waals surface area contributed by atoms with Crippen molar-refractivity contribution in [2.75, 3.05) is 24.3 Å². The number of anilines is 1. The van der Waals surface area contributed by atoms with Gasteiger partial charge in [-0.3, -0.25) is 9.69 Å². The molecule has 2 amide bonds. The molecule has 2 saturated heterocycles. The SMILES string of the molecule is CC1(O)CC(C#Cc2ccc(N3CC(C[C@](C)(C(=O)NOC4CCCCO4)S(C)(=O)=O)OC3=O)cc2)C1. The summed E-state index contributed by atoms with van der Waals surface area (Å²) in [5, 5.41) is 9.83. The van der Waals surface area contributed by atoms with Crippen LogP contribution in [0.15, 0.2) is 24.3 Å². The predicted molar refractivity (Wildman–Crippen MR) is 135 cm³/mol. The number of hydroxylamine groups is 1. The van der Waals surface area contributed by atoms with Crippen LogP contribution in [0.5, 0.6) is 0 Å². The van der Waals surface area contributed by atoms with Crippen LogP contribution in [0.3, 0.4) is 0 Å². The standard InChI is InChI=1S/C26H34N2O8S/c1-25(31)14-19(15-25)8-7-18-9-11-20(12-10-18)28-17-21(35-24(28)30)16-26(2,37(3,32)33)23(29)27-36-22-6-4-5-13-34-22/h9-12,19,21-22,31H,4-6,13-17H2,1-3H3,(H,27,29)/t19?,21?,22?,25?,26-/m1/s1. The lowest BCUT2D eigenvalue weighted by atomic mass is 9.72. The average Bonchev–Trinajstić information content (AvgIpc) is 3.19. The molecule has 3 atom stereocenters. The van der Waals surface area contributed by atoms with Crippen LogP contribution in [0.25, 0.3) is 0 Å². The Hall–Kier alpha value is -2.65. The minimum atomic E-state index is -3.90. The van der Waals surface area contributed by atoms with Crippen molar-refractivity contribution in [3.05, 3.63) is 29.8 Å². The molecule has 2 N–H and O–H groups in total.